The lowest BCUT2D eigenvalue weighted by molar-refractivity contribution is 0.172. The van der Waals surface area contributed by atoms with Crippen LogP contribution in [0.2, 0.25) is 0 Å². The lowest BCUT2D eigenvalue weighted by atomic mass is 10.1. The molecule has 1 unspecified atom stereocenters. The van der Waals surface area contributed by atoms with E-state index < -0.39 is 12.1 Å². The summed E-state index contributed by atoms with van der Waals surface area (Å²) in [5, 5.41) is 15.4. The molecule has 0 aliphatic rings. The minimum absolute atomic E-state index is 0.0709. The molecule has 24 heavy (non-hydrogen) atoms. The molecule has 0 radical (unpaired) electrons. The number of rotatable bonds is 6. The van der Waals surface area contributed by atoms with E-state index in [4.69, 9.17) is 4.74 Å². The number of hydrogen-bond acceptors (Lipinski definition) is 3. The van der Waals surface area contributed by atoms with Crippen molar-refractivity contribution in [2.75, 3.05) is 13.7 Å². The molecule has 0 aliphatic heterocycles. The van der Waals surface area contributed by atoms with Gasteiger partial charge in [-0.15, -0.1) is 0 Å². The van der Waals surface area contributed by atoms with E-state index in [9.17, 15) is 14.3 Å². The third-order valence-corrected chi connectivity index (χ3v) is 3.61. The second-order valence-corrected chi connectivity index (χ2v) is 5.44. The third kappa shape index (κ3) is 4.96. The Morgan fingerprint density at radius 3 is 2.75 bits per heavy atom. The van der Waals surface area contributed by atoms with Gasteiger partial charge in [0.2, 0.25) is 0 Å². The largest absolute Gasteiger partial charge is 0.497 e. The number of carbonyl (C=O) groups is 1. The number of nitrogens with one attached hydrogen (secondary N) is 2. The van der Waals surface area contributed by atoms with Crippen LogP contribution in [0.5, 0.6) is 5.75 Å². The first-order valence-electron chi connectivity index (χ1n) is 7.58. The highest BCUT2D eigenvalue weighted by Gasteiger charge is 2.10. The van der Waals surface area contributed by atoms with Gasteiger partial charge in [0.1, 0.15) is 11.6 Å². The lowest BCUT2D eigenvalue weighted by Gasteiger charge is -2.14. The molecule has 0 saturated heterocycles. The minimum atomic E-state index is -0.834. The van der Waals surface area contributed by atoms with E-state index in [1.54, 1.807) is 50.4 Å². The van der Waals surface area contributed by atoms with Crippen LogP contribution in [0.25, 0.3) is 0 Å². The number of halogens is 1. The van der Waals surface area contributed by atoms with Crippen LogP contribution >= 0.6 is 0 Å². The number of ether oxygens (including phenoxy) is 1. The monoisotopic (exact) mass is 332 g/mol. The normalized spacial score (nSPS) is 11.7. The standard InChI is InChI=1S/C18H21FN2O3/c1-12-8-13(6-7-16(12)19)10-20-18(23)21-11-17(22)14-4-3-5-15(9-14)24-2/h3-9,17,22H,10-11H2,1-2H3,(H2,20,21,23). The topological polar surface area (TPSA) is 70.6 Å². The summed E-state index contributed by atoms with van der Waals surface area (Å²) in [6.07, 6.45) is -0.834. The number of amides is 2. The predicted molar refractivity (Wildman–Crippen MR) is 89.3 cm³/mol. The summed E-state index contributed by atoms with van der Waals surface area (Å²) in [6.45, 7) is 2.02. The molecule has 1 atom stereocenters. The molecule has 2 aromatic rings. The number of aryl methyl sites for hydroxylation is 1. The van der Waals surface area contributed by atoms with E-state index in [-0.39, 0.29) is 18.9 Å². The van der Waals surface area contributed by atoms with Gasteiger partial charge < -0.3 is 20.5 Å². The van der Waals surface area contributed by atoms with Crippen molar-refractivity contribution in [2.45, 2.75) is 19.6 Å². The van der Waals surface area contributed by atoms with Crippen molar-refractivity contribution < 1.29 is 19.0 Å². The number of aliphatic hydroxyl groups is 1. The molecule has 3 N–H and O–H groups in total. The second kappa shape index (κ2) is 8.31. The van der Waals surface area contributed by atoms with Gasteiger partial charge in [0.15, 0.2) is 0 Å². The van der Waals surface area contributed by atoms with Gasteiger partial charge in [-0.2, -0.15) is 0 Å². The average molecular weight is 332 g/mol. The molecule has 0 aliphatic carbocycles. The zero-order valence-corrected chi connectivity index (χ0v) is 13.7. The summed E-state index contributed by atoms with van der Waals surface area (Å²) in [7, 11) is 1.55. The molecular formula is C18H21FN2O3. The van der Waals surface area contributed by atoms with E-state index in [0.29, 0.717) is 16.9 Å². The van der Waals surface area contributed by atoms with E-state index in [0.717, 1.165) is 5.56 Å². The number of carbonyl (C=O) groups excluding carboxylic acids is 1. The summed E-state index contributed by atoms with van der Waals surface area (Å²) >= 11 is 0. The fourth-order valence-electron chi connectivity index (χ4n) is 2.22. The van der Waals surface area contributed by atoms with E-state index >= 15 is 0 Å². The predicted octanol–water partition coefficient (Wildman–Crippen LogP) is 2.68. The van der Waals surface area contributed by atoms with Gasteiger partial charge in [-0.05, 0) is 41.8 Å². The van der Waals surface area contributed by atoms with E-state index in [1.165, 1.54) is 6.07 Å². The maximum absolute atomic E-state index is 13.2. The molecule has 5 nitrogen and oxygen atoms in total. The van der Waals surface area contributed by atoms with Crippen LogP contribution in [0.15, 0.2) is 42.5 Å². The Hall–Kier alpha value is -2.60. The van der Waals surface area contributed by atoms with Crippen LogP contribution in [0, 0.1) is 12.7 Å². The van der Waals surface area contributed by atoms with Gasteiger partial charge >= 0.3 is 6.03 Å². The summed E-state index contributed by atoms with van der Waals surface area (Å²) in [6, 6.07) is 11.3. The number of urea groups is 1. The van der Waals surface area contributed by atoms with E-state index in [2.05, 4.69) is 10.6 Å². The Kier molecular flexibility index (Phi) is 6.14. The molecule has 128 valence electrons. The third-order valence-electron chi connectivity index (χ3n) is 3.61. The Bertz CT molecular complexity index is 706. The number of methoxy groups -OCH3 is 1. The van der Waals surface area contributed by atoms with Crippen LogP contribution in [0.1, 0.15) is 22.8 Å². The molecule has 0 saturated carbocycles. The Morgan fingerprint density at radius 2 is 2.04 bits per heavy atom. The molecule has 2 aromatic carbocycles. The SMILES string of the molecule is COc1cccc(C(O)CNC(=O)NCc2ccc(F)c(C)c2)c1. The molecule has 0 spiro atoms. The van der Waals surface area contributed by atoms with Crippen LogP contribution in [0.4, 0.5) is 9.18 Å². The molecule has 0 heterocycles. The smallest absolute Gasteiger partial charge is 0.315 e. The van der Waals surface area contributed by atoms with Crippen molar-refractivity contribution in [1.82, 2.24) is 10.6 Å². The number of aliphatic hydroxyl groups excluding tert-OH is 1. The Labute approximate surface area is 140 Å². The van der Waals surface area contributed by atoms with Gasteiger partial charge in [-0.1, -0.05) is 24.3 Å². The highest BCUT2D eigenvalue weighted by Crippen LogP contribution is 2.18. The second-order valence-electron chi connectivity index (χ2n) is 5.44. The Morgan fingerprint density at radius 1 is 1.25 bits per heavy atom. The van der Waals surface area contributed by atoms with Crippen LogP contribution < -0.4 is 15.4 Å². The maximum Gasteiger partial charge on any atom is 0.315 e. The minimum Gasteiger partial charge on any atom is -0.497 e. The summed E-state index contributed by atoms with van der Waals surface area (Å²) in [5.74, 6) is 0.368. The first kappa shape index (κ1) is 17.7. The fraction of sp³-hybridized carbons (Fsp3) is 0.278. The maximum atomic E-state index is 13.2. The van der Waals surface area contributed by atoms with Crippen molar-refractivity contribution in [2.24, 2.45) is 0 Å². The van der Waals surface area contributed by atoms with Crippen LogP contribution in [-0.2, 0) is 6.54 Å². The summed E-state index contributed by atoms with van der Waals surface area (Å²) in [4.78, 5) is 11.8. The van der Waals surface area contributed by atoms with Gasteiger partial charge in [0.25, 0.3) is 0 Å². The van der Waals surface area contributed by atoms with Gasteiger partial charge in [0, 0.05) is 13.1 Å². The molecule has 2 amide bonds. The molecule has 6 heteroatoms. The summed E-state index contributed by atoms with van der Waals surface area (Å²) < 4.78 is 18.3. The van der Waals surface area contributed by atoms with Crippen molar-refractivity contribution in [3.63, 3.8) is 0 Å². The number of benzene rings is 2. The quantitative estimate of drug-likeness (QED) is 0.762. The Balaban J connectivity index is 1.80. The zero-order chi connectivity index (χ0) is 17.5. The zero-order valence-electron chi connectivity index (χ0n) is 13.7. The lowest BCUT2D eigenvalue weighted by Crippen LogP contribution is -2.37. The van der Waals surface area contributed by atoms with Gasteiger partial charge in [-0.3, -0.25) is 0 Å². The number of hydrogen-bond donors (Lipinski definition) is 3. The fourth-order valence-corrected chi connectivity index (χ4v) is 2.22. The first-order chi connectivity index (χ1) is 11.5. The molecular weight excluding hydrogens is 311 g/mol. The van der Waals surface area contributed by atoms with Gasteiger partial charge in [0.05, 0.1) is 13.2 Å². The molecule has 0 bridgehead atoms. The molecule has 2 rings (SSSR count). The highest BCUT2D eigenvalue weighted by atomic mass is 19.1. The van der Waals surface area contributed by atoms with Gasteiger partial charge in [-0.25, -0.2) is 9.18 Å². The molecule has 0 aromatic heterocycles. The van der Waals surface area contributed by atoms with Crippen molar-refractivity contribution in [1.29, 1.82) is 0 Å². The summed E-state index contributed by atoms with van der Waals surface area (Å²) in [5.41, 5.74) is 1.99. The first-order valence-corrected chi connectivity index (χ1v) is 7.58. The van der Waals surface area contributed by atoms with Crippen molar-refractivity contribution >= 4 is 6.03 Å². The van der Waals surface area contributed by atoms with E-state index in [1.807, 2.05) is 0 Å². The van der Waals surface area contributed by atoms with Crippen molar-refractivity contribution in [3.8, 4) is 5.75 Å². The van der Waals surface area contributed by atoms with Crippen LogP contribution in [0.3, 0.4) is 0 Å². The van der Waals surface area contributed by atoms with Crippen molar-refractivity contribution in [3.05, 3.63) is 65.0 Å². The molecule has 0 fully saturated rings. The van der Waals surface area contributed by atoms with Crippen LogP contribution in [-0.4, -0.2) is 24.8 Å². The highest BCUT2D eigenvalue weighted by molar-refractivity contribution is 5.73. The average Bonchev–Trinajstić information content (AvgIpc) is 2.60.